The summed E-state index contributed by atoms with van der Waals surface area (Å²) in [7, 11) is 0. The first kappa shape index (κ1) is 29.9. The van der Waals surface area contributed by atoms with Gasteiger partial charge in [0.1, 0.15) is 16.8 Å². The molecular formula is C29H41N5O5. The van der Waals surface area contributed by atoms with Crippen molar-refractivity contribution in [2.24, 2.45) is 5.92 Å². The minimum Gasteiger partial charge on any atom is -0.444 e. The number of carbonyl (C=O) groups excluding carboxylic acids is 2. The molecule has 1 unspecified atom stereocenters. The Morgan fingerprint density at radius 1 is 1.18 bits per heavy atom. The molecule has 1 atom stereocenters. The van der Waals surface area contributed by atoms with Crippen molar-refractivity contribution in [1.82, 2.24) is 24.9 Å². The minimum atomic E-state index is -0.595. The number of amides is 2. The van der Waals surface area contributed by atoms with Crippen molar-refractivity contribution in [3.8, 4) is 0 Å². The number of rotatable bonds is 11. The van der Waals surface area contributed by atoms with E-state index in [0.29, 0.717) is 55.8 Å². The normalized spacial score (nSPS) is 12.5. The molecule has 0 spiro atoms. The molecule has 3 aromatic rings. The van der Waals surface area contributed by atoms with Crippen LogP contribution in [0.25, 0.3) is 11.1 Å². The largest absolute Gasteiger partial charge is 0.444 e. The molecule has 0 radical (unpaired) electrons. The second-order valence-corrected chi connectivity index (χ2v) is 11.2. The van der Waals surface area contributed by atoms with E-state index in [0.717, 1.165) is 5.56 Å². The van der Waals surface area contributed by atoms with Gasteiger partial charge in [0.25, 0.3) is 11.3 Å². The zero-order chi connectivity index (χ0) is 28.7. The molecule has 10 heteroatoms. The number of carbonyl (C=O) groups is 2. The Morgan fingerprint density at radius 2 is 1.87 bits per heavy atom. The number of aryl methyl sites for hydroxylation is 1. The van der Waals surface area contributed by atoms with Gasteiger partial charge < -0.3 is 19.5 Å². The third-order valence-electron chi connectivity index (χ3n) is 6.19. The Labute approximate surface area is 229 Å². The molecular weight excluding hydrogens is 498 g/mol. The van der Waals surface area contributed by atoms with Gasteiger partial charge in [-0.05, 0) is 52.0 Å². The summed E-state index contributed by atoms with van der Waals surface area (Å²) in [6, 6.07) is 9.18. The molecule has 0 saturated heterocycles. The first-order chi connectivity index (χ1) is 18.4. The number of hydrogen-bond donors (Lipinski definition) is 1. The van der Waals surface area contributed by atoms with Crippen LogP contribution in [0, 0.1) is 12.8 Å². The summed E-state index contributed by atoms with van der Waals surface area (Å²) in [6.45, 7) is 14.1. The van der Waals surface area contributed by atoms with Crippen LogP contribution in [0.4, 0.5) is 4.79 Å². The zero-order valence-electron chi connectivity index (χ0n) is 24.1. The maximum absolute atomic E-state index is 13.7. The van der Waals surface area contributed by atoms with Crippen molar-refractivity contribution in [1.29, 1.82) is 0 Å². The highest BCUT2D eigenvalue weighted by molar-refractivity contribution is 5.77. The molecule has 0 bridgehead atoms. The van der Waals surface area contributed by atoms with Crippen LogP contribution in [0.15, 0.2) is 39.6 Å². The average Bonchev–Trinajstić information content (AvgIpc) is 3.22. The SMILES string of the molecule is CCC(c1nc2onc(C)c2c(=O)n1Cc1ccccc1)N(CCCNC(=O)OC(C)(C)C)C(=O)CC(C)C. The van der Waals surface area contributed by atoms with Gasteiger partial charge in [0.15, 0.2) is 0 Å². The van der Waals surface area contributed by atoms with Crippen LogP contribution in [0.5, 0.6) is 0 Å². The van der Waals surface area contributed by atoms with E-state index in [1.807, 2.05) is 51.1 Å². The lowest BCUT2D eigenvalue weighted by Gasteiger charge is -2.33. The molecule has 2 aromatic heterocycles. The highest BCUT2D eigenvalue weighted by atomic mass is 16.6. The lowest BCUT2D eigenvalue weighted by atomic mass is 10.1. The van der Waals surface area contributed by atoms with Crippen LogP contribution in [0.3, 0.4) is 0 Å². The number of fused-ring (bicyclic) bond motifs is 1. The van der Waals surface area contributed by atoms with E-state index < -0.39 is 17.7 Å². The van der Waals surface area contributed by atoms with Crippen molar-refractivity contribution < 1.29 is 18.8 Å². The molecule has 3 rings (SSSR count). The standard InChI is InChI=1S/C29H41N5O5/c1-8-22(33(23(35)17-19(2)3)16-12-15-30-28(37)38-29(5,6)7)25-31-26-24(20(4)32-39-26)27(36)34(25)18-21-13-10-9-11-14-21/h9-11,13-14,19,22H,8,12,15-18H2,1-7H3,(H,30,37). The molecule has 0 aliphatic rings. The van der Waals surface area contributed by atoms with E-state index >= 15 is 0 Å². The molecule has 0 aliphatic carbocycles. The molecule has 10 nitrogen and oxygen atoms in total. The molecule has 0 saturated carbocycles. The van der Waals surface area contributed by atoms with Gasteiger partial charge in [-0.25, -0.2) is 4.79 Å². The fraction of sp³-hybridized carbons (Fsp3) is 0.552. The Morgan fingerprint density at radius 3 is 2.49 bits per heavy atom. The first-order valence-electron chi connectivity index (χ1n) is 13.6. The van der Waals surface area contributed by atoms with Gasteiger partial charge in [0.2, 0.25) is 5.91 Å². The van der Waals surface area contributed by atoms with Crippen LogP contribution in [-0.2, 0) is 16.1 Å². The van der Waals surface area contributed by atoms with Crippen molar-refractivity contribution >= 4 is 23.1 Å². The van der Waals surface area contributed by atoms with E-state index in [9.17, 15) is 14.4 Å². The summed E-state index contributed by atoms with van der Waals surface area (Å²) in [5, 5.41) is 7.07. The van der Waals surface area contributed by atoms with Gasteiger partial charge in [-0.3, -0.25) is 14.2 Å². The monoisotopic (exact) mass is 539 g/mol. The molecule has 212 valence electrons. The molecule has 1 aromatic carbocycles. The van der Waals surface area contributed by atoms with E-state index in [1.165, 1.54) is 0 Å². The smallest absolute Gasteiger partial charge is 0.407 e. The van der Waals surface area contributed by atoms with Gasteiger partial charge >= 0.3 is 6.09 Å². The van der Waals surface area contributed by atoms with Crippen molar-refractivity contribution in [3.63, 3.8) is 0 Å². The van der Waals surface area contributed by atoms with Crippen molar-refractivity contribution in [3.05, 3.63) is 57.8 Å². The Hall–Kier alpha value is -3.69. The third-order valence-corrected chi connectivity index (χ3v) is 6.19. The van der Waals surface area contributed by atoms with Crippen LogP contribution >= 0.6 is 0 Å². The minimum absolute atomic E-state index is 0.0384. The van der Waals surface area contributed by atoms with E-state index in [2.05, 4.69) is 10.5 Å². The second-order valence-electron chi connectivity index (χ2n) is 11.2. The van der Waals surface area contributed by atoms with Gasteiger partial charge in [0.05, 0.1) is 18.3 Å². The fourth-order valence-corrected chi connectivity index (χ4v) is 4.47. The topological polar surface area (TPSA) is 120 Å². The van der Waals surface area contributed by atoms with Gasteiger partial charge in [-0.1, -0.05) is 56.3 Å². The summed E-state index contributed by atoms with van der Waals surface area (Å²) >= 11 is 0. The maximum atomic E-state index is 13.7. The molecule has 2 heterocycles. The van der Waals surface area contributed by atoms with Crippen LogP contribution in [0.1, 0.15) is 83.9 Å². The third kappa shape index (κ3) is 7.91. The predicted octanol–water partition coefficient (Wildman–Crippen LogP) is 4.98. The first-order valence-corrected chi connectivity index (χ1v) is 13.6. The highest BCUT2D eigenvalue weighted by Gasteiger charge is 2.30. The maximum Gasteiger partial charge on any atom is 0.407 e. The lowest BCUT2D eigenvalue weighted by molar-refractivity contribution is -0.135. The zero-order valence-corrected chi connectivity index (χ0v) is 24.1. The lowest BCUT2D eigenvalue weighted by Crippen LogP contribution is -2.41. The summed E-state index contributed by atoms with van der Waals surface area (Å²) < 4.78 is 12.3. The second kappa shape index (κ2) is 12.9. The number of nitrogens with zero attached hydrogens (tertiary/aromatic N) is 4. The van der Waals surface area contributed by atoms with E-state index in [4.69, 9.17) is 14.2 Å². The molecule has 0 fully saturated rings. The van der Waals surface area contributed by atoms with Crippen LogP contribution < -0.4 is 10.9 Å². The molecule has 0 aliphatic heterocycles. The quantitative estimate of drug-likeness (QED) is 0.341. The summed E-state index contributed by atoms with van der Waals surface area (Å²) in [6.07, 6.45) is 0.886. The number of ether oxygens (including phenoxy) is 1. The molecule has 39 heavy (non-hydrogen) atoms. The Kier molecular flexibility index (Phi) is 9.88. The van der Waals surface area contributed by atoms with Gasteiger partial charge in [-0.15, -0.1) is 0 Å². The number of alkyl carbamates (subject to hydrolysis) is 1. The number of aromatic nitrogens is 3. The molecule has 2 amide bonds. The number of hydrogen-bond acceptors (Lipinski definition) is 7. The summed E-state index contributed by atoms with van der Waals surface area (Å²) in [4.78, 5) is 45.9. The van der Waals surface area contributed by atoms with Crippen molar-refractivity contribution in [2.75, 3.05) is 13.1 Å². The van der Waals surface area contributed by atoms with Crippen molar-refractivity contribution in [2.45, 2.75) is 85.9 Å². The Balaban J connectivity index is 1.97. The van der Waals surface area contributed by atoms with E-state index in [1.54, 1.807) is 37.2 Å². The number of benzene rings is 1. The molecule has 1 N–H and O–H groups in total. The van der Waals surface area contributed by atoms with E-state index in [-0.39, 0.29) is 23.1 Å². The summed E-state index contributed by atoms with van der Waals surface area (Å²) in [5.74, 6) is 0.562. The average molecular weight is 540 g/mol. The van der Waals surface area contributed by atoms with Gasteiger partial charge in [-0.2, -0.15) is 4.98 Å². The van der Waals surface area contributed by atoms with Gasteiger partial charge in [0, 0.05) is 19.5 Å². The Bertz CT molecular complexity index is 1320. The van der Waals surface area contributed by atoms with Crippen LogP contribution in [0.2, 0.25) is 0 Å². The summed E-state index contributed by atoms with van der Waals surface area (Å²) in [5.41, 5.74) is 0.733. The van der Waals surface area contributed by atoms with Crippen LogP contribution in [-0.4, -0.2) is 50.3 Å². The highest BCUT2D eigenvalue weighted by Crippen LogP contribution is 2.27. The fourth-order valence-electron chi connectivity index (χ4n) is 4.47. The predicted molar refractivity (Wildman–Crippen MR) is 149 cm³/mol. The number of nitrogens with one attached hydrogen (secondary N) is 1.